The number of nitrogens with zero attached hydrogens (tertiary/aromatic N) is 1. The third-order valence-corrected chi connectivity index (χ3v) is 2.82. The van der Waals surface area contributed by atoms with Gasteiger partial charge in [0, 0.05) is 6.54 Å². The molecule has 4 nitrogen and oxygen atoms in total. The van der Waals surface area contributed by atoms with Crippen LogP contribution < -0.4 is 11.1 Å². The minimum Gasteiger partial charge on any atom is -0.397 e. The number of halogens is 7. The van der Waals surface area contributed by atoms with Crippen molar-refractivity contribution in [3.8, 4) is 0 Å². The number of carbonyl (C=O) groups excluding carboxylic acids is 1. The average molecular weight is 380 g/mol. The van der Waals surface area contributed by atoms with Crippen LogP contribution in [0.2, 0.25) is 0 Å². The van der Waals surface area contributed by atoms with Gasteiger partial charge >= 0.3 is 12.4 Å². The second kappa shape index (κ2) is 6.08. The van der Waals surface area contributed by atoms with E-state index < -0.39 is 52.8 Å². The summed E-state index contributed by atoms with van der Waals surface area (Å²) in [5.41, 5.74) is 2.92. The lowest BCUT2D eigenvalue weighted by Gasteiger charge is -2.13. The lowest BCUT2D eigenvalue weighted by molar-refractivity contribution is -0.138. The fourth-order valence-electron chi connectivity index (χ4n) is 1.29. The number of nitrogens with one attached hydrogen (secondary N) is 1. The van der Waals surface area contributed by atoms with Gasteiger partial charge in [0.2, 0.25) is 0 Å². The van der Waals surface area contributed by atoms with Gasteiger partial charge in [0.05, 0.1) is 17.7 Å². The molecular formula is C10H8BrF6N3O. The largest absolute Gasteiger partial charge is 0.419 e. The van der Waals surface area contributed by atoms with E-state index in [0.717, 1.165) is 0 Å². The molecule has 0 unspecified atom stereocenters. The summed E-state index contributed by atoms with van der Waals surface area (Å²) in [4.78, 5) is 14.9. The molecule has 1 rings (SSSR count). The first-order chi connectivity index (χ1) is 9.42. The minimum atomic E-state index is -4.73. The molecule has 0 aliphatic heterocycles. The van der Waals surface area contributed by atoms with E-state index in [1.54, 1.807) is 0 Å². The summed E-state index contributed by atoms with van der Waals surface area (Å²) in [5.74, 6) is -1.09. The molecule has 1 aromatic heterocycles. The number of amides is 1. The molecule has 1 amide bonds. The lowest BCUT2D eigenvalue weighted by Crippen LogP contribution is -2.29. The summed E-state index contributed by atoms with van der Waals surface area (Å²) >= 11 is 2.54. The van der Waals surface area contributed by atoms with Crippen molar-refractivity contribution in [1.29, 1.82) is 0 Å². The number of pyridine rings is 1. The SMILES string of the molecule is Nc1cc(C(F)(F)F)c(Br)nc1C(=O)NCCC(F)(F)F. The second-order valence-electron chi connectivity index (χ2n) is 3.88. The average Bonchev–Trinajstić information content (AvgIpc) is 2.28. The molecule has 0 radical (unpaired) electrons. The zero-order chi connectivity index (χ0) is 16.4. The maximum atomic E-state index is 12.5. The van der Waals surface area contributed by atoms with E-state index in [9.17, 15) is 31.1 Å². The van der Waals surface area contributed by atoms with Crippen molar-refractivity contribution in [3.05, 3.63) is 21.9 Å². The van der Waals surface area contributed by atoms with Crippen LogP contribution in [0.25, 0.3) is 0 Å². The molecule has 0 spiro atoms. The molecule has 0 bridgehead atoms. The van der Waals surface area contributed by atoms with Gasteiger partial charge in [0.1, 0.15) is 4.60 Å². The Balaban J connectivity index is 2.90. The molecule has 11 heteroatoms. The summed E-state index contributed by atoms with van der Waals surface area (Å²) in [7, 11) is 0. The Morgan fingerprint density at radius 1 is 1.29 bits per heavy atom. The molecule has 1 heterocycles. The van der Waals surface area contributed by atoms with Gasteiger partial charge in [0.25, 0.3) is 5.91 Å². The van der Waals surface area contributed by atoms with Crippen LogP contribution in [0.4, 0.5) is 32.0 Å². The number of nitrogens with two attached hydrogens (primary N) is 1. The summed E-state index contributed by atoms with van der Waals surface area (Å²) in [6.45, 7) is -0.734. The third kappa shape index (κ3) is 5.06. The highest BCUT2D eigenvalue weighted by atomic mass is 79.9. The van der Waals surface area contributed by atoms with Gasteiger partial charge in [-0.25, -0.2) is 4.98 Å². The minimum absolute atomic E-state index is 0.482. The Morgan fingerprint density at radius 3 is 2.33 bits per heavy atom. The van der Waals surface area contributed by atoms with Crippen molar-refractivity contribution < 1.29 is 31.1 Å². The first-order valence-corrected chi connectivity index (χ1v) is 6.09. The van der Waals surface area contributed by atoms with Crippen LogP contribution in [-0.2, 0) is 6.18 Å². The van der Waals surface area contributed by atoms with E-state index >= 15 is 0 Å². The van der Waals surface area contributed by atoms with Crippen LogP contribution >= 0.6 is 15.9 Å². The highest BCUT2D eigenvalue weighted by Gasteiger charge is 2.35. The van der Waals surface area contributed by atoms with Crippen LogP contribution in [0, 0.1) is 0 Å². The summed E-state index contributed by atoms with van der Waals surface area (Å²) in [6.07, 6.45) is -10.5. The van der Waals surface area contributed by atoms with Crippen molar-refractivity contribution in [3.63, 3.8) is 0 Å². The number of alkyl halides is 6. The Morgan fingerprint density at radius 2 is 1.86 bits per heavy atom. The molecule has 0 aliphatic carbocycles. The summed E-state index contributed by atoms with van der Waals surface area (Å²) in [5, 5.41) is 1.88. The number of anilines is 1. The Labute approximate surface area is 122 Å². The van der Waals surface area contributed by atoms with Gasteiger partial charge in [-0.3, -0.25) is 4.79 Å². The van der Waals surface area contributed by atoms with Crippen molar-refractivity contribution in [2.45, 2.75) is 18.8 Å². The quantitative estimate of drug-likeness (QED) is 0.626. The van der Waals surface area contributed by atoms with Crippen LogP contribution in [0.1, 0.15) is 22.5 Å². The zero-order valence-electron chi connectivity index (χ0n) is 10.1. The predicted molar refractivity (Wildman–Crippen MR) is 64.4 cm³/mol. The summed E-state index contributed by atoms with van der Waals surface area (Å²) in [6, 6.07) is 0.482. The Kier molecular flexibility index (Phi) is 5.07. The molecule has 0 aliphatic rings. The molecule has 0 fully saturated rings. The normalized spacial score (nSPS) is 12.3. The van der Waals surface area contributed by atoms with Crippen molar-refractivity contribution in [2.24, 2.45) is 0 Å². The Bertz CT molecular complexity index is 543. The third-order valence-electron chi connectivity index (χ3n) is 2.22. The lowest BCUT2D eigenvalue weighted by atomic mass is 10.2. The van der Waals surface area contributed by atoms with E-state index in [0.29, 0.717) is 6.07 Å². The number of carbonyl (C=O) groups is 1. The van der Waals surface area contributed by atoms with Gasteiger partial charge in [-0.2, -0.15) is 26.3 Å². The van der Waals surface area contributed by atoms with E-state index in [1.807, 2.05) is 5.32 Å². The van der Waals surface area contributed by atoms with E-state index in [2.05, 4.69) is 20.9 Å². The van der Waals surface area contributed by atoms with Gasteiger partial charge in [0.15, 0.2) is 5.69 Å². The van der Waals surface area contributed by atoms with Gasteiger partial charge < -0.3 is 11.1 Å². The topological polar surface area (TPSA) is 68.0 Å². The van der Waals surface area contributed by atoms with Gasteiger partial charge in [-0.05, 0) is 22.0 Å². The Hall–Kier alpha value is -1.52. The fraction of sp³-hybridized carbons (Fsp3) is 0.400. The maximum Gasteiger partial charge on any atom is 0.419 e. The van der Waals surface area contributed by atoms with Crippen molar-refractivity contribution in [1.82, 2.24) is 10.3 Å². The zero-order valence-corrected chi connectivity index (χ0v) is 11.7. The van der Waals surface area contributed by atoms with E-state index in [4.69, 9.17) is 5.73 Å². The number of hydrogen-bond acceptors (Lipinski definition) is 3. The van der Waals surface area contributed by atoms with Gasteiger partial charge in [-0.15, -0.1) is 0 Å². The van der Waals surface area contributed by atoms with Gasteiger partial charge in [-0.1, -0.05) is 0 Å². The van der Waals surface area contributed by atoms with Crippen molar-refractivity contribution in [2.75, 3.05) is 12.3 Å². The summed E-state index contributed by atoms with van der Waals surface area (Å²) < 4.78 is 72.7. The molecule has 21 heavy (non-hydrogen) atoms. The molecular weight excluding hydrogens is 372 g/mol. The molecule has 0 atom stereocenters. The number of hydrogen-bond donors (Lipinski definition) is 2. The smallest absolute Gasteiger partial charge is 0.397 e. The first-order valence-electron chi connectivity index (χ1n) is 5.30. The van der Waals surface area contributed by atoms with Crippen LogP contribution in [0.5, 0.6) is 0 Å². The van der Waals surface area contributed by atoms with Crippen LogP contribution in [0.15, 0.2) is 10.7 Å². The molecule has 0 aromatic carbocycles. The number of nitrogen functional groups attached to an aromatic ring is 1. The predicted octanol–water partition coefficient (Wildman–Crippen LogP) is 3.13. The molecule has 0 saturated carbocycles. The number of rotatable bonds is 3. The first kappa shape index (κ1) is 17.5. The molecule has 3 N–H and O–H groups in total. The second-order valence-corrected chi connectivity index (χ2v) is 4.63. The number of aromatic nitrogens is 1. The monoisotopic (exact) mass is 379 g/mol. The van der Waals surface area contributed by atoms with Crippen LogP contribution in [-0.4, -0.2) is 23.6 Å². The fourth-order valence-corrected chi connectivity index (χ4v) is 1.81. The molecule has 0 saturated heterocycles. The van der Waals surface area contributed by atoms with Crippen LogP contribution in [0.3, 0.4) is 0 Å². The van der Waals surface area contributed by atoms with E-state index in [-0.39, 0.29) is 0 Å². The maximum absolute atomic E-state index is 12.5. The highest BCUT2D eigenvalue weighted by Crippen LogP contribution is 2.35. The highest BCUT2D eigenvalue weighted by molar-refractivity contribution is 9.10. The van der Waals surface area contributed by atoms with Crippen molar-refractivity contribution >= 4 is 27.5 Å². The molecule has 1 aromatic rings. The van der Waals surface area contributed by atoms with E-state index in [1.165, 1.54) is 0 Å². The molecule has 118 valence electrons. The standard InChI is InChI=1S/C10H8BrF6N3O/c11-7-4(10(15,16)17)3-5(18)6(20-7)8(21)19-2-1-9(12,13)14/h3H,1-2,18H2,(H,19,21).